The zero-order valence-corrected chi connectivity index (χ0v) is 17.2. The van der Waals surface area contributed by atoms with Crippen molar-refractivity contribution in [3.05, 3.63) is 93.7 Å². The van der Waals surface area contributed by atoms with Crippen LogP contribution in [0, 0.1) is 6.92 Å². The van der Waals surface area contributed by atoms with Crippen LogP contribution in [0.15, 0.2) is 65.7 Å². The Morgan fingerprint density at radius 2 is 2.00 bits per heavy atom. The summed E-state index contributed by atoms with van der Waals surface area (Å²) in [5, 5.41) is 0. The molecule has 0 spiro atoms. The van der Waals surface area contributed by atoms with E-state index < -0.39 is 0 Å². The molecular weight excluding hydrogens is 360 g/mol. The van der Waals surface area contributed by atoms with E-state index >= 15 is 0 Å². The second-order valence-corrected chi connectivity index (χ2v) is 7.88. The van der Waals surface area contributed by atoms with Crippen LogP contribution in [0.4, 0.5) is 0 Å². The number of aromatic nitrogens is 2. The van der Waals surface area contributed by atoms with Gasteiger partial charge in [-0.25, -0.2) is 0 Å². The molecule has 0 amide bonds. The summed E-state index contributed by atoms with van der Waals surface area (Å²) in [6.07, 6.45) is 6.32. The molecule has 1 aliphatic rings. The zero-order valence-electron chi connectivity index (χ0n) is 17.2. The van der Waals surface area contributed by atoms with Gasteiger partial charge < -0.3 is 9.30 Å². The summed E-state index contributed by atoms with van der Waals surface area (Å²) in [6, 6.07) is 12.2. The highest BCUT2D eigenvalue weighted by Crippen LogP contribution is 2.38. The van der Waals surface area contributed by atoms with Crippen molar-refractivity contribution < 1.29 is 4.74 Å². The lowest BCUT2D eigenvalue weighted by Gasteiger charge is -2.25. The Bertz CT molecular complexity index is 1100. The molecule has 1 aromatic carbocycles. The first-order chi connectivity index (χ1) is 13.9. The fraction of sp³-hybridized carbons (Fsp3) is 0.280. The van der Waals surface area contributed by atoms with Crippen LogP contribution in [0.1, 0.15) is 41.8 Å². The van der Waals surface area contributed by atoms with E-state index in [1.165, 1.54) is 16.7 Å². The van der Waals surface area contributed by atoms with E-state index in [-0.39, 0.29) is 11.7 Å². The monoisotopic (exact) mass is 386 g/mol. The molecule has 3 aromatic rings. The first-order valence-electron chi connectivity index (χ1n) is 10.00. The number of hydrogen-bond donors (Lipinski definition) is 0. The van der Waals surface area contributed by atoms with Gasteiger partial charge in [0.15, 0.2) is 0 Å². The van der Waals surface area contributed by atoms with Crippen molar-refractivity contribution in [2.45, 2.75) is 39.2 Å². The standard InChI is InChI=1S/C25H26N2O2/c1-16-8-9-19-13-20(21-12-17(2)25(28)27(4)15-21)14-24(22(19)11-16)29-18(3)23-7-5-6-10-26-23/h5-7,10,12-15,18H,1,8-9,11H2,2-4H3/t18-/m0/s1. The Hall–Kier alpha value is -3.14. The summed E-state index contributed by atoms with van der Waals surface area (Å²) < 4.78 is 8.06. The molecule has 4 rings (SSSR count). The average Bonchev–Trinajstić information content (AvgIpc) is 2.72. The number of allylic oxidation sites excluding steroid dienone is 1. The van der Waals surface area contributed by atoms with E-state index in [4.69, 9.17) is 4.74 Å². The first-order valence-corrected chi connectivity index (χ1v) is 10.00. The van der Waals surface area contributed by atoms with Crippen LogP contribution in [0.3, 0.4) is 0 Å². The fourth-order valence-electron chi connectivity index (χ4n) is 3.95. The summed E-state index contributed by atoms with van der Waals surface area (Å²) >= 11 is 0. The number of ether oxygens (including phenoxy) is 1. The van der Waals surface area contributed by atoms with E-state index in [1.54, 1.807) is 17.8 Å². The maximum atomic E-state index is 12.1. The van der Waals surface area contributed by atoms with Crippen LogP contribution >= 0.6 is 0 Å². The molecule has 0 radical (unpaired) electrons. The summed E-state index contributed by atoms with van der Waals surface area (Å²) in [6.45, 7) is 8.08. The smallest absolute Gasteiger partial charge is 0.253 e. The molecule has 0 bridgehead atoms. The number of hydrogen-bond acceptors (Lipinski definition) is 3. The SMILES string of the molecule is C=C1CCc2cc(-c3cc(C)c(=O)n(C)c3)cc(O[C@@H](C)c3ccccn3)c2C1. The number of aryl methyl sites for hydroxylation is 3. The predicted octanol–water partition coefficient (Wildman–Crippen LogP) is 4.94. The van der Waals surface area contributed by atoms with Crippen molar-refractivity contribution in [1.82, 2.24) is 9.55 Å². The lowest BCUT2D eigenvalue weighted by Crippen LogP contribution is -2.18. The second kappa shape index (κ2) is 7.70. The lowest BCUT2D eigenvalue weighted by atomic mass is 9.86. The van der Waals surface area contributed by atoms with Crippen LogP contribution in [-0.2, 0) is 19.9 Å². The number of rotatable bonds is 4. The van der Waals surface area contributed by atoms with Gasteiger partial charge in [0.25, 0.3) is 5.56 Å². The molecule has 0 fully saturated rings. The van der Waals surface area contributed by atoms with E-state index in [9.17, 15) is 4.79 Å². The average molecular weight is 386 g/mol. The first kappa shape index (κ1) is 19.2. The molecule has 0 aliphatic heterocycles. The Morgan fingerprint density at radius 1 is 1.17 bits per heavy atom. The molecule has 29 heavy (non-hydrogen) atoms. The Kier molecular flexibility index (Phi) is 5.10. The lowest BCUT2D eigenvalue weighted by molar-refractivity contribution is 0.219. The quantitative estimate of drug-likeness (QED) is 0.597. The highest BCUT2D eigenvalue weighted by molar-refractivity contribution is 5.68. The van der Waals surface area contributed by atoms with Crippen molar-refractivity contribution >= 4 is 0 Å². The van der Waals surface area contributed by atoms with E-state index in [0.29, 0.717) is 0 Å². The topological polar surface area (TPSA) is 44.1 Å². The van der Waals surface area contributed by atoms with Crippen LogP contribution < -0.4 is 10.3 Å². The molecule has 2 aromatic heterocycles. The van der Waals surface area contributed by atoms with Gasteiger partial charge in [-0.15, -0.1) is 0 Å². The molecule has 0 N–H and O–H groups in total. The predicted molar refractivity (Wildman–Crippen MR) is 116 cm³/mol. The maximum Gasteiger partial charge on any atom is 0.253 e. The number of fused-ring (bicyclic) bond motifs is 1. The van der Waals surface area contributed by atoms with Crippen molar-refractivity contribution in [1.29, 1.82) is 0 Å². The summed E-state index contributed by atoms with van der Waals surface area (Å²) in [4.78, 5) is 16.5. The number of nitrogens with zero attached hydrogens (tertiary/aromatic N) is 2. The Balaban J connectivity index is 1.80. The second-order valence-electron chi connectivity index (χ2n) is 7.88. The van der Waals surface area contributed by atoms with Crippen LogP contribution in [0.25, 0.3) is 11.1 Å². The number of pyridine rings is 2. The minimum Gasteiger partial charge on any atom is -0.484 e. The molecule has 4 nitrogen and oxygen atoms in total. The molecule has 4 heteroatoms. The third kappa shape index (κ3) is 3.88. The summed E-state index contributed by atoms with van der Waals surface area (Å²) in [5.74, 6) is 0.878. The zero-order chi connectivity index (χ0) is 20.5. The van der Waals surface area contributed by atoms with Crippen LogP contribution in [0.2, 0.25) is 0 Å². The fourth-order valence-corrected chi connectivity index (χ4v) is 3.95. The minimum absolute atomic E-state index is 0.0308. The van der Waals surface area contributed by atoms with Gasteiger partial charge in [0, 0.05) is 30.6 Å². The molecule has 1 atom stereocenters. The van der Waals surface area contributed by atoms with E-state index in [0.717, 1.165) is 47.4 Å². The van der Waals surface area contributed by atoms with Gasteiger partial charge in [0.2, 0.25) is 0 Å². The molecule has 0 unspecified atom stereocenters. The molecule has 2 heterocycles. The van der Waals surface area contributed by atoms with Gasteiger partial charge in [0.05, 0.1) is 5.69 Å². The largest absolute Gasteiger partial charge is 0.484 e. The Labute approximate surface area is 171 Å². The van der Waals surface area contributed by atoms with Crippen molar-refractivity contribution in [3.8, 4) is 16.9 Å². The van der Waals surface area contributed by atoms with Gasteiger partial charge >= 0.3 is 0 Å². The number of benzene rings is 1. The van der Waals surface area contributed by atoms with Gasteiger partial charge in [0.1, 0.15) is 11.9 Å². The van der Waals surface area contributed by atoms with Gasteiger partial charge in [-0.05, 0) is 74.1 Å². The van der Waals surface area contributed by atoms with Crippen molar-refractivity contribution in [3.63, 3.8) is 0 Å². The maximum absolute atomic E-state index is 12.1. The highest BCUT2D eigenvalue weighted by Gasteiger charge is 2.21. The van der Waals surface area contributed by atoms with E-state index in [2.05, 4.69) is 23.7 Å². The molecular formula is C25H26N2O2. The van der Waals surface area contributed by atoms with Gasteiger partial charge in [-0.1, -0.05) is 24.3 Å². The van der Waals surface area contributed by atoms with E-state index in [1.807, 2.05) is 44.3 Å². The van der Waals surface area contributed by atoms with Gasteiger partial charge in [-0.3, -0.25) is 9.78 Å². The third-order valence-electron chi connectivity index (χ3n) is 5.58. The van der Waals surface area contributed by atoms with Crippen LogP contribution in [-0.4, -0.2) is 9.55 Å². The molecule has 148 valence electrons. The highest BCUT2D eigenvalue weighted by atomic mass is 16.5. The molecule has 1 aliphatic carbocycles. The molecule has 0 saturated carbocycles. The normalized spacial score (nSPS) is 14.4. The summed E-state index contributed by atoms with van der Waals surface area (Å²) in [7, 11) is 1.79. The minimum atomic E-state index is -0.160. The summed E-state index contributed by atoms with van der Waals surface area (Å²) in [5.41, 5.74) is 7.51. The molecule has 0 saturated heterocycles. The third-order valence-corrected chi connectivity index (χ3v) is 5.58. The van der Waals surface area contributed by atoms with Crippen molar-refractivity contribution in [2.24, 2.45) is 7.05 Å². The van der Waals surface area contributed by atoms with Gasteiger partial charge in [-0.2, -0.15) is 0 Å². The van der Waals surface area contributed by atoms with Crippen LogP contribution in [0.5, 0.6) is 5.75 Å². The Morgan fingerprint density at radius 3 is 2.72 bits per heavy atom. The van der Waals surface area contributed by atoms with Crippen molar-refractivity contribution in [2.75, 3.05) is 0 Å².